The minimum absolute atomic E-state index is 0.131. The fourth-order valence-electron chi connectivity index (χ4n) is 2.52. The lowest BCUT2D eigenvalue weighted by molar-refractivity contribution is 0.0509. The first kappa shape index (κ1) is 16.3. The van der Waals surface area contributed by atoms with Crippen molar-refractivity contribution in [1.29, 1.82) is 0 Å². The molecule has 5 nitrogen and oxygen atoms in total. The number of benzene rings is 1. The van der Waals surface area contributed by atoms with Crippen molar-refractivity contribution in [3.05, 3.63) is 29.6 Å². The fourth-order valence-corrected chi connectivity index (χ4v) is 2.52. The van der Waals surface area contributed by atoms with Gasteiger partial charge in [0.05, 0.1) is 11.7 Å². The van der Waals surface area contributed by atoms with E-state index in [2.05, 4.69) is 5.32 Å². The van der Waals surface area contributed by atoms with Crippen molar-refractivity contribution in [3.63, 3.8) is 0 Å². The Morgan fingerprint density at radius 3 is 2.82 bits per heavy atom. The van der Waals surface area contributed by atoms with Crippen LogP contribution in [-0.4, -0.2) is 37.1 Å². The number of carbonyl (C=O) groups excluding carboxylic acids is 2. The topological polar surface area (TPSA) is 58.6 Å². The lowest BCUT2D eigenvalue weighted by Crippen LogP contribution is -2.40. The largest absolute Gasteiger partial charge is 0.444 e. The second-order valence-electron chi connectivity index (χ2n) is 6.37. The summed E-state index contributed by atoms with van der Waals surface area (Å²) < 4.78 is 19.2. The Bertz CT molecular complexity index is 569. The van der Waals surface area contributed by atoms with Crippen molar-refractivity contribution < 1.29 is 18.7 Å². The third kappa shape index (κ3) is 3.96. The Morgan fingerprint density at radius 1 is 1.45 bits per heavy atom. The van der Waals surface area contributed by atoms with E-state index in [1.165, 1.54) is 12.1 Å². The molecular formula is C16H21FN2O3. The van der Waals surface area contributed by atoms with E-state index >= 15 is 0 Å². The summed E-state index contributed by atoms with van der Waals surface area (Å²) in [7, 11) is 0. The highest BCUT2D eigenvalue weighted by Crippen LogP contribution is 2.27. The van der Waals surface area contributed by atoms with E-state index in [1.54, 1.807) is 31.7 Å². The molecule has 0 saturated carbocycles. The number of hydrogen-bond donors (Lipinski definition) is 1. The van der Waals surface area contributed by atoms with Crippen molar-refractivity contribution in [2.75, 3.05) is 18.0 Å². The highest BCUT2D eigenvalue weighted by Gasteiger charge is 2.28. The highest BCUT2D eigenvalue weighted by molar-refractivity contribution is 5.85. The molecule has 1 fully saturated rings. The van der Waals surface area contributed by atoms with Gasteiger partial charge in [-0.05, 0) is 39.3 Å². The molecule has 1 aliphatic heterocycles. The van der Waals surface area contributed by atoms with Crippen molar-refractivity contribution >= 4 is 18.1 Å². The molecule has 120 valence electrons. The number of alkyl carbamates (subject to hydrolysis) is 1. The maximum Gasteiger partial charge on any atom is 0.407 e. The molecule has 22 heavy (non-hydrogen) atoms. The second-order valence-corrected chi connectivity index (χ2v) is 6.37. The average Bonchev–Trinajstić information content (AvgIpc) is 2.83. The number of nitrogens with one attached hydrogen (secondary N) is 1. The van der Waals surface area contributed by atoms with Crippen LogP contribution < -0.4 is 10.2 Å². The van der Waals surface area contributed by atoms with Gasteiger partial charge < -0.3 is 15.0 Å². The number of ether oxygens (including phenoxy) is 1. The standard InChI is InChI=1S/C16H21FN2O3/c1-16(2,3)22-15(21)18-12-7-8-19(9-12)14-11(10-20)5-4-6-13(14)17/h4-6,10,12H,7-9H2,1-3H3,(H,18,21)/t12-/m1/s1. The lowest BCUT2D eigenvalue weighted by atomic mass is 10.1. The Labute approximate surface area is 129 Å². The van der Waals surface area contributed by atoms with E-state index in [9.17, 15) is 14.0 Å². The zero-order chi connectivity index (χ0) is 16.3. The molecule has 1 aliphatic rings. The van der Waals surface area contributed by atoms with Gasteiger partial charge >= 0.3 is 6.09 Å². The molecule has 0 spiro atoms. The smallest absolute Gasteiger partial charge is 0.407 e. The molecule has 1 aromatic carbocycles. The summed E-state index contributed by atoms with van der Waals surface area (Å²) in [6.45, 7) is 6.40. The van der Waals surface area contributed by atoms with Crippen LogP contribution in [0.5, 0.6) is 0 Å². The molecule has 0 bridgehead atoms. The van der Waals surface area contributed by atoms with Gasteiger partial charge in [0.25, 0.3) is 0 Å². The van der Waals surface area contributed by atoms with Gasteiger partial charge in [-0.1, -0.05) is 6.07 Å². The number of rotatable bonds is 3. The van der Waals surface area contributed by atoms with Gasteiger partial charge in [-0.2, -0.15) is 0 Å². The first-order valence-electron chi connectivity index (χ1n) is 7.28. The summed E-state index contributed by atoms with van der Waals surface area (Å²) in [5, 5.41) is 2.78. The summed E-state index contributed by atoms with van der Waals surface area (Å²) in [6, 6.07) is 4.29. The van der Waals surface area contributed by atoms with Crippen LogP contribution in [-0.2, 0) is 4.74 Å². The molecule has 0 aliphatic carbocycles. The van der Waals surface area contributed by atoms with Crippen LogP contribution in [0.3, 0.4) is 0 Å². The van der Waals surface area contributed by atoms with E-state index in [4.69, 9.17) is 4.74 Å². The van der Waals surface area contributed by atoms with Crippen LogP contribution >= 0.6 is 0 Å². The summed E-state index contributed by atoms with van der Waals surface area (Å²) in [6.07, 6.45) is 0.835. The lowest BCUT2D eigenvalue weighted by Gasteiger charge is -2.23. The summed E-state index contributed by atoms with van der Waals surface area (Å²) >= 11 is 0. The first-order valence-corrected chi connectivity index (χ1v) is 7.28. The molecule has 1 aromatic rings. The third-order valence-electron chi connectivity index (χ3n) is 3.37. The monoisotopic (exact) mass is 308 g/mol. The molecule has 6 heteroatoms. The number of hydrogen-bond acceptors (Lipinski definition) is 4. The zero-order valence-electron chi connectivity index (χ0n) is 13.1. The molecule has 1 N–H and O–H groups in total. The zero-order valence-corrected chi connectivity index (χ0v) is 13.1. The predicted molar refractivity (Wildman–Crippen MR) is 81.8 cm³/mol. The first-order chi connectivity index (χ1) is 10.3. The maximum atomic E-state index is 14.0. The second kappa shape index (κ2) is 6.34. The summed E-state index contributed by atoms with van der Waals surface area (Å²) in [4.78, 5) is 24.6. The van der Waals surface area contributed by atoms with E-state index in [-0.39, 0.29) is 6.04 Å². The van der Waals surface area contributed by atoms with Crippen molar-refractivity contribution in [3.8, 4) is 0 Å². The van der Waals surface area contributed by atoms with Gasteiger partial charge in [-0.25, -0.2) is 9.18 Å². The van der Waals surface area contributed by atoms with Crippen LogP contribution in [0.1, 0.15) is 37.6 Å². The minimum Gasteiger partial charge on any atom is -0.444 e. The van der Waals surface area contributed by atoms with E-state index in [0.29, 0.717) is 37.0 Å². The van der Waals surface area contributed by atoms with Gasteiger partial charge in [0, 0.05) is 18.7 Å². The Kier molecular flexibility index (Phi) is 4.68. The number of anilines is 1. The van der Waals surface area contributed by atoms with Crippen LogP contribution in [0, 0.1) is 5.82 Å². The SMILES string of the molecule is CC(C)(C)OC(=O)N[C@@H]1CCN(c2c(F)cccc2C=O)C1. The molecule has 1 saturated heterocycles. The molecule has 1 amide bonds. The fraction of sp³-hybridized carbons (Fsp3) is 0.500. The quantitative estimate of drug-likeness (QED) is 0.872. The van der Waals surface area contributed by atoms with Crippen molar-refractivity contribution in [2.24, 2.45) is 0 Å². The molecule has 0 radical (unpaired) electrons. The van der Waals surface area contributed by atoms with Crippen LogP contribution in [0.25, 0.3) is 0 Å². The van der Waals surface area contributed by atoms with Gasteiger partial charge in [0.1, 0.15) is 11.4 Å². The Hall–Kier alpha value is -2.11. The van der Waals surface area contributed by atoms with E-state index < -0.39 is 17.5 Å². The van der Waals surface area contributed by atoms with Gasteiger partial charge in [0.2, 0.25) is 0 Å². The Balaban J connectivity index is 2.02. The van der Waals surface area contributed by atoms with Crippen LogP contribution in [0.2, 0.25) is 0 Å². The number of halogens is 1. The number of carbonyl (C=O) groups is 2. The predicted octanol–water partition coefficient (Wildman–Crippen LogP) is 2.74. The normalized spacial score (nSPS) is 18.2. The molecule has 0 unspecified atom stereocenters. The Morgan fingerprint density at radius 2 is 2.18 bits per heavy atom. The van der Waals surface area contributed by atoms with Crippen molar-refractivity contribution in [1.82, 2.24) is 5.32 Å². The van der Waals surface area contributed by atoms with Crippen LogP contribution in [0.15, 0.2) is 18.2 Å². The summed E-state index contributed by atoms with van der Waals surface area (Å²) in [5.41, 5.74) is 0.0578. The number of para-hydroxylation sites is 1. The minimum atomic E-state index is -0.557. The molecule has 1 heterocycles. The maximum absolute atomic E-state index is 14.0. The van der Waals surface area contributed by atoms with Crippen molar-refractivity contribution in [2.45, 2.75) is 38.8 Å². The van der Waals surface area contributed by atoms with E-state index in [1.807, 2.05) is 0 Å². The molecule has 1 atom stereocenters. The van der Waals surface area contributed by atoms with Gasteiger partial charge in [-0.15, -0.1) is 0 Å². The molecular weight excluding hydrogens is 287 g/mol. The average molecular weight is 308 g/mol. The number of nitrogens with zero attached hydrogens (tertiary/aromatic N) is 1. The number of aldehydes is 1. The third-order valence-corrected chi connectivity index (χ3v) is 3.37. The summed E-state index contributed by atoms with van der Waals surface area (Å²) in [5.74, 6) is -0.428. The van der Waals surface area contributed by atoms with Gasteiger partial charge in [0.15, 0.2) is 6.29 Å². The van der Waals surface area contributed by atoms with Gasteiger partial charge in [-0.3, -0.25) is 4.79 Å². The molecule has 0 aromatic heterocycles. The van der Waals surface area contributed by atoms with Crippen LogP contribution in [0.4, 0.5) is 14.9 Å². The highest BCUT2D eigenvalue weighted by atomic mass is 19.1. The van der Waals surface area contributed by atoms with E-state index in [0.717, 1.165) is 0 Å². The number of amides is 1. The molecule has 2 rings (SSSR count).